The predicted octanol–water partition coefficient (Wildman–Crippen LogP) is 4.25. The minimum atomic E-state index is 0.794. The molecule has 1 aromatic heterocycles. The molecule has 0 radical (unpaired) electrons. The van der Waals surface area contributed by atoms with Gasteiger partial charge >= 0.3 is 0 Å². The standard InChI is InChI=1S/C15H26N2O/c1-3-5-6-7-8-10-18-15-11-14(12-16-13-15)17-9-4-2/h11-13,17H,3-10H2,1-2H3. The molecule has 1 aromatic rings. The molecule has 0 aliphatic carbocycles. The number of hydrogen-bond acceptors (Lipinski definition) is 3. The lowest BCUT2D eigenvalue weighted by molar-refractivity contribution is 0.303. The normalized spacial score (nSPS) is 10.3. The summed E-state index contributed by atoms with van der Waals surface area (Å²) in [5.41, 5.74) is 1.04. The van der Waals surface area contributed by atoms with Crippen LogP contribution >= 0.6 is 0 Å². The zero-order chi connectivity index (χ0) is 13.1. The van der Waals surface area contributed by atoms with Gasteiger partial charge in [0.15, 0.2) is 0 Å². The van der Waals surface area contributed by atoms with Crippen molar-refractivity contribution in [3.8, 4) is 5.75 Å². The summed E-state index contributed by atoms with van der Waals surface area (Å²) < 4.78 is 5.70. The summed E-state index contributed by atoms with van der Waals surface area (Å²) in [4.78, 5) is 4.18. The number of nitrogens with zero attached hydrogens (tertiary/aromatic N) is 1. The lowest BCUT2D eigenvalue weighted by Gasteiger charge is -2.08. The van der Waals surface area contributed by atoms with Crippen LogP contribution in [0.5, 0.6) is 5.75 Å². The van der Waals surface area contributed by atoms with Crippen molar-refractivity contribution in [3.63, 3.8) is 0 Å². The van der Waals surface area contributed by atoms with E-state index in [1.807, 2.05) is 12.3 Å². The Morgan fingerprint density at radius 3 is 2.67 bits per heavy atom. The van der Waals surface area contributed by atoms with Crippen molar-refractivity contribution in [2.24, 2.45) is 0 Å². The summed E-state index contributed by atoms with van der Waals surface area (Å²) in [5.74, 6) is 0.867. The zero-order valence-corrected chi connectivity index (χ0v) is 11.7. The van der Waals surface area contributed by atoms with Crippen LogP contribution in [-0.4, -0.2) is 18.1 Å². The van der Waals surface area contributed by atoms with Crippen LogP contribution < -0.4 is 10.1 Å². The van der Waals surface area contributed by atoms with Crippen molar-refractivity contribution in [2.75, 3.05) is 18.5 Å². The molecule has 0 aliphatic heterocycles. The number of pyridine rings is 1. The van der Waals surface area contributed by atoms with E-state index in [0.29, 0.717) is 0 Å². The minimum Gasteiger partial charge on any atom is -0.492 e. The Balaban J connectivity index is 2.20. The molecule has 0 saturated heterocycles. The van der Waals surface area contributed by atoms with Crippen LogP contribution in [0.15, 0.2) is 18.5 Å². The number of anilines is 1. The maximum Gasteiger partial charge on any atom is 0.139 e. The molecule has 0 atom stereocenters. The molecule has 0 aromatic carbocycles. The van der Waals surface area contributed by atoms with Crippen molar-refractivity contribution < 1.29 is 4.74 Å². The van der Waals surface area contributed by atoms with Crippen LogP contribution in [0.3, 0.4) is 0 Å². The molecule has 18 heavy (non-hydrogen) atoms. The monoisotopic (exact) mass is 250 g/mol. The molecule has 0 fully saturated rings. The van der Waals surface area contributed by atoms with Gasteiger partial charge in [0.1, 0.15) is 5.75 Å². The first-order chi connectivity index (χ1) is 8.86. The molecular weight excluding hydrogens is 224 g/mol. The summed E-state index contributed by atoms with van der Waals surface area (Å²) in [6.45, 7) is 6.15. The SMILES string of the molecule is CCCCCCCOc1cncc(NCCC)c1. The first-order valence-corrected chi connectivity index (χ1v) is 7.18. The number of rotatable bonds is 10. The van der Waals surface area contributed by atoms with Gasteiger partial charge in [-0.1, -0.05) is 39.5 Å². The molecule has 0 spiro atoms. The maximum absolute atomic E-state index is 5.70. The molecule has 102 valence electrons. The topological polar surface area (TPSA) is 34.1 Å². The summed E-state index contributed by atoms with van der Waals surface area (Å²) in [5, 5.41) is 3.31. The molecule has 3 heteroatoms. The Labute approximate surface area is 111 Å². The van der Waals surface area contributed by atoms with E-state index in [-0.39, 0.29) is 0 Å². The molecule has 0 bridgehead atoms. The second kappa shape index (κ2) is 9.75. The Kier molecular flexibility index (Phi) is 8.02. The van der Waals surface area contributed by atoms with Gasteiger partial charge in [-0.2, -0.15) is 0 Å². The van der Waals surface area contributed by atoms with Gasteiger partial charge in [-0.15, -0.1) is 0 Å². The van der Waals surface area contributed by atoms with Crippen molar-refractivity contribution in [1.29, 1.82) is 0 Å². The first kappa shape index (κ1) is 14.8. The average molecular weight is 250 g/mol. The lowest BCUT2D eigenvalue weighted by atomic mass is 10.2. The van der Waals surface area contributed by atoms with E-state index in [1.54, 1.807) is 6.20 Å². The molecule has 3 nitrogen and oxygen atoms in total. The smallest absolute Gasteiger partial charge is 0.139 e. The van der Waals surface area contributed by atoms with Crippen molar-refractivity contribution in [1.82, 2.24) is 4.98 Å². The van der Waals surface area contributed by atoms with Gasteiger partial charge < -0.3 is 10.1 Å². The minimum absolute atomic E-state index is 0.794. The van der Waals surface area contributed by atoms with Gasteiger partial charge in [-0.3, -0.25) is 4.98 Å². The van der Waals surface area contributed by atoms with Crippen LogP contribution in [-0.2, 0) is 0 Å². The van der Waals surface area contributed by atoms with Crippen LogP contribution in [0.1, 0.15) is 52.4 Å². The molecule has 0 aliphatic rings. The second-order valence-corrected chi connectivity index (χ2v) is 4.60. The third-order valence-electron chi connectivity index (χ3n) is 2.81. The van der Waals surface area contributed by atoms with Crippen LogP contribution in [0, 0.1) is 0 Å². The van der Waals surface area contributed by atoms with Gasteiger partial charge in [0, 0.05) is 12.6 Å². The summed E-state index contributed by atoms with van der Waals surface area (Å²) >= 11 is 0. The van der Waals surface area contributed by atoms with E-state index < -0.39 is 0 Å². The van der Waals surface area contributed by atoms with Crippen molar-refractivity contribution >= 4 is 5.69 Å². The van der Waals surface area contributed by atoms with Gasteiger partial charge in [0.25, 0.3) is 0 Å². The molecule has 0 saturated carbocycles. The average Bonchev–Trinajstić information content (AvgIpc) is 2.41. The molecular formula is C15H26N2O. The van der Waals surface area contributed by atoms with Crippen molar-refractivity contribution in [2.45, 2.75) is 52.4 Å². The summed E-state index contributed by atoms with van der Waals surface area (Å²) in [6, 6.07) is 2.02. The van der Waals surface area contributed by atoms with E-state index in [9.17, 15) is 0 Å². The Morgan fingerprint density at radius 2 is 1.89 bits per heavy atom. The fourth-order valence-corrected chi connectivity index (χ4v) is 1.76. The fraction of sp³-hybridized carbons (Fsp3) is 0.667. The highest BCUT2D eigenvalue weighted by atomic mass is 16.5. The highest BCUT2D eigenvalue weighted by Crippen LogP contribution is 2.15. The largest absolute Gasteiger partial charge is 0.492 e. The Bertz CT molecular complexity index is 315. The Morgan fingerprint density at radius 1 is 1.06 bits per heavy atom. The van der Waals surface area contributed by atoms with Crippen LogP contribution in [0.2, 0.25) is 0 Å². The van der Waals surface area contributed by atoms with Crippen LogP contribution in [0.4, 0.5) is 5.69 Å². The van der Waals surface area contributed by atoms with Gasteiger partial charge in [0.05, 0.1) is 24.7 Å². The number of nitrogens with one attached hydrogen (secondary N) is 1. The highest BCUT2D eigenvalue weighted by Gasteiger charge is 1.97. The second-order valence-electron chi connectivity index (χ2n) is 4.60. The summed E-state index contributed by atoms with van der Waals surface area (Å²) in [6.07, 6.45) is 11.1. The first-order valence-electron chi connectivity index (χ1n) is 7.18. The molecule has 0 amide bonds. The maximum atomic E-state index is 5.70. The van der Waals surface area contributed by atoms with E-state index >= 15 is 0 Å². The highest BCUT2D eigenvalue weighted by molar-refractivity contribution is 5.44. The number of ether oxygens (including phenoxy) is 1. The zero-order valence-electron chi connectivity index (χ0n) is 11.7. The van der Waals surface area contributed by atoms with Gasteiger partial charge in [-0.05, 0) is 12.8 Å². The fourth-order valence-electron chi connectivity index (χ4n) is 1.76. The third-order valence-corrected chi connectivity index (χ3v) is 2.81. The predicted molar refractivity (Wildman–Crippen MR) is 77.3 cm³/mol. The van der Waals surface area contributed by atoms with Crippen molar-refractivity contribution in [3.05, 3.63) is 18.5 Å². The van der Waals surface area contributed by atoms with E-state index in [4.69, 9.17) is 4.74 Å². The van der Waals surface area contributed by atoms with Gasteiger partial charge in [0.2, 0.25) is 0 Å². The quantitative estimate of drug-likeness (QED) is 0.630. The van der Waals surface area contributed by atoms with E-state index in [1.165, 1.54) is 25.7 Å². The Hall–Kier alpha value is -1.25. The molecule has 0 unspecified atom stereocenters. The van der Waals surface area contributed by atoms with E-state index in [2.05, 4.69) is 24.1 Å². The molecule has 1 N–H and O–H groups in total. The number of hydrogen-bond donors (Lipinski definition) is 1. The van der Waals surface area contributed by atoms with Gasteiger partial charge in [-0.25, -0.2) is 0 Å². The molecule has 1 heterocycles. The molecule has 1 rings (SSSR count). The number of aromatic nitrogens is 1. The third kappa shape index (κ3) is 6.48. The lowest BCUT2D eigenvalue weighted by Crippen LogP contribution is -2.02. The number of unbranched alkanes of at least 4 members (excludes halogenated alkanes) is 4. The summed E-state index contributed by atoms with van der Waals surface area (Å²) in [7, 11) is 0. The van der Waals surface area contributed by atoms with E-state index in [0.717, 1.165) is 37.4 Å². The van der Waals surface area contributed by atoms with Crippen LogP contribution in [0.25, 0.3) is 0 Å².